The second-order valence-corrected chi connectivity index (χ2v) is 6.10. The SMILES string of the molecule is O=C(CCn1cnc2ccccc2c1=O)Nc1n[nH]c([C@H]2CCCO2)n1. The Kier molecular flexibility index (Phi) is 4.44. The minimum atomic E-state index is -0.275. The molecule has 1 saturated heterocycles. The predicted octanol–water partition coefficient (Wildman–Crippen LogP) is 1.39. The zero-order chi connectivity index (χ0) is 17.9. The number of aryl methyl sites for hydroxylation is 1. The van der Waals surface area contributed by atoms with Gasteiger partial charge in [-0.05, 0) is 25.0 Å². The van der Waals surface area contributed by atoms with E-state index < -0.39 is 0 Å². The predicted molar refractivity (Wildman–Crippen MR) is 93.6 cm³/mol. The van der Waals surface area contributed by atoms with E-state index in [1.165, 1.54) is 10.9 Å². The fourth-order valence-corrected chi connectivity index (χ4v) is 2.94. The molecule has 0 saturated carbocycles. The highest BCUT2D eigenvalue weighted by Crippen LogP contribution is 2.26. The molecule has 26 heavy (non-hydrogen) atoms. The minimum absolute atomic E-state index is 0.0876. The number of para-hydroxylation sites is 1. The van der Waals surface area contributed by atoms with Crippen molar-refractivity contribution in [3.05, 3.63) is 46.8 Å². The Morgan fingerprint density at radius 1 is 1.38 bits per heavy atom. The van der Waals surface area contributed by atoms with E-state index >= 15 is 0 Å². The Morgan fingerprint density at radius 2 is 2.27 bits per heavy atom. The van der Waals surface area contributed by atoms with Crippen LogP contribution in [0.15, 0.2) is 35.4 Å². The Balaban J connectivity index is 1.38. The summed E-state index contributed by atoms with van der Waals surface area (Å²) < 4.78 is 6.95. The van der Waals surface area contributed by atoms with Crippen LogP contribution in [0.2, 0.25) is 0 Å². The standard InChI is InChI=1S/C17H18N6O3/c24-14(19-17-20-15(21-22-17)13-6-3-9-26-13)7-8-23-10-18-12-5-2-1-4-11(12)16(23)25/h1-2,4-5,10,13H,3,6-9H2,(H2,19,20,21,22,24)/t13-/m1/s1. The van der Waals surface area contributed by atoms with Crippen LogP contribution in [0, 0.1) is 0 Å². The summed E-state index contributed by atoms with van der Waals surface area (Å²) in [5, 5.41) is 9.94. The maximum absolute atomic E-state index is 12.4. The summed E-state index contributed by atoms with van der Waals surface area (Å²) in [5.74, 6) is 0.556. The molecule has 134 valence electrons. The van der Waals surface area contributed by atoms with E-state index in [0.717, 1.165) is 12.8 Å². The molecule has 0 spiro atoms. The van der Waals surface area contributed by atoms with Gasteiger partial charge in [0.2, 0.25) is 11.9 Å². The number of aromatic nitrogens is 5. The van der Waals surface area contributed by atoms with Crippen LogP contribution < -0.4 is 10.9 Å². The fraction of sp³-hybridized carbons (Fsp3) is 0.353. The quantitative estimate of drug-likeness (QED) is 0.716. The second kappa shape index (κ2) is 7.04. The van der Waals surface area contributed by atoms with Crippen molar-refractivity contribution in [1.29, 1.82) is 0 Å². The third-order valence-electron chi connectivity index (χ3n) is 4.30. The average molecular weight is 354 g/mol. The summed E-state index contributed by atoms with van der Waals surface area (Å²) in [6.45, 7) is 0.938. The van der Waals surface area contributed by atoms with Crippen molar-refractivity contribution >= 4 is 22.8 Å². The van der Waals surface area contributed by atoms with Crippen molar-refractivity contribution < 1.29 is 9.53 Å². The van der Waals surface area contributed by atoms with Crippen molar-refractivity contribution in [2.45, 2.75) is 31.9 Å². The van der Waals surface area contributed by atoms with Gasteiger partial charge in [-0.3, -0.25) is 24.6 Å². The van der Waals surface area contributed by atoms with E-state index in [-0.39, 0.29) is 36.5 Å². The molecule has 0 unspecified atom stereocenters. The first-order chi connectivity index (χ1) is 12.7. The lowest BCUT2D eigenvalue weighted by molar-refractivity contribution is -0.116. The van der Waals surface area contributed by atoms with Crippen LogP contribution in [0.25, 0.3) is 10.9 Å². The van der Waals surface area contributed by atoms with Gasteiger partial charge in [0.1, 0.15) is 6.10 Å². The Morgan fingerprint density at radius 3 is 3.12 bits per heavy atom. The number of amides is 1. The summed E-state index contributed by atoms with van der Waals surface area (Å²) in [6.07, 6.45) is 3.36. The summed E-state index contributed by atoms with van der Waals surface area (Å²) in [5.41, 5.74) is 0.475. The molecule has 2 N–H and O–H groups in total. The number of hydrogen-bond acceptors (Lipinski definition) is 6. The van der Waals surface area contributed by atoms with Gasteiger partial charge in [-0.25, -0.2) is 4.98 Å². The highest BCUT2D eigenvalue weighted by atomic mass is 16.5. The summed E-state index contributed by atoms with van der Waals surface area (Å²) in [4.78, 5) is 33.0. The molecule has 3 aromatic rings. The van der Waals surface area contributed by atoms with Crippen molar-refractivity contribution in [2.75, 3.05) is 11.9 Å². The number of rotatable bonds is 5. The van der Waals surface area contributed by atoms with Gasteiger partial charge >= 0.3 is 0 Å². The summed E-state index contributed by atoms with van der Waals surface area (Å²) in [6, 6.07) is 7.12. The van der Waals surface area contributed by atoms with Gasteiger partial charge in [-0.15, -0.1) is 5.10 Å². The molecule has 2 aromatic heterocycles. The van der Waals surface area contributed by atoms with Crippen LogP contribution in [0.5, 0.6) is 0 Å². The molecule has 1 atom stereocenters. The number of H-pyrrole nitrogens is 1. The molecule has 9 nitrogen and oxygen atoms in total. The minimum Gasteiger partial charge on any atom is -0.370 e. The lowest BCUT2D eigenvalue weighted by Crippen LogP contribution is -2.23. The largest absolute Gasteiger partial charge is 0.370 e. The molecule has 1 aromatic carbocycles. The van der Waals surface area contributed by atoms with Gasteiger partial charge in [0, 0.05) is 19.6 Å². The number of carbonyl (C=O) groups excluding carboxylic acids is 1. The molecular formula is C17H18N6O3. The normalized spacial score (nSPS) is 16.8. The number of nitrogens with zero attached hydrogens (tertiary/aromatic N) is 4. The number of ether oxygens (including phenoxy) is 1. The molecule has 3 heterocycles. The lowest BCUT2D eigenvalue weighted by Gasteiger charge is -2.06. The number of nitrogens with one attached hydrogen (secondary N) is 2. The van der Waals surface area contributed by atoms with Crippen LogP contribution in [0.4, 0.5) is 5.95 Å². The van der Waals surface area contributed by atoms with Gasteiger partial charge in [-0.2, -0.15) is 4.98 Å². The van der Waals surface area contributed by atoms with E-state index in [0.29, 0.717) is 23.3 Å². The fourth-order valence-electron chi connectivity index (χ4n) is 2.94. The molecule has 1 aliphatic rings. The van der Waals surface area contributed by atoms with E-state index in [4.69, 9.17) is 4.74 Å². The number of benzene rings is 1. The average Bonchev–Trinajstić information content (AvgIpc) is 3.33. The molecular weight excluding hydrogens is 336 g/mol. The van der Waals surface area contributed by atoms with Crippen LogP contribution in [-0.2, 0) is 16.1 Å². The monoisotopic (exact) mass is 354 g/mol. The topological polar surface area (TPSA) is 115 Å². The van der Waals surface area contributed by atoms with Gasteiger partial charge in [-0.1, -0.05) is 12.1 Å². The van der Waals surface area contributed by atoms with Crippen LogP contribution >= 0.6 is 0 Å². The van der Waals surface area contributed by atoms with Crippen molar-refractivity contribution in [3.8, 4) is 0 Å². The van der Waals surface area contributed by atoms with E-state index in [1.54, 1.807) is 18.2 Å². The molecule has 9 heteroatoms. The molecule has 4 rings (SSSR count). The molecule has 0 aliphatic carbocycles. The number of carbonyl (C=O) groups is 1. The maximum atomic E-state index is 12.4. The van der Waals surface area contributed by atoms with Crippen molar-refractivity contribution in [3.63, 3.8) is 0 Å². The number of anilines is 1. The van der Waals surface area contributed by atoms with Crippen LogP contribution in [-0.4, -0.2) is 37.2 Å². The van der Waals surface area contributed by atoms with E-state index in [2.05, 4.69) is 25.5 Å². The first-order valence-electron chi connectivity index (χ1n) is 8.48. The maximum Gasteiger partial charge on any atom is 0.261 e. The Labute approximate surface area is 148 Å². The number of fused-ring (bicyclic) bond motifs is 1. The molecule has 1 aliphatic heterocycles. The van der Waals surface area contributed by atoms with Gasteiger partial charge < -0.3 is 4.74 Å². The van der Waals surface area contributed by atoms with E-state index in [9.17, 15) is 9.59 Å². The first-order valence-corrected chi connectivity index (χ1v) is 8.48. The zero-order valence-electron chi connectivity index (χ0n) is 14.0. The highest BCUT2D eigenvalue weighted by Gasteiger charge is 2.21. The van der Waals surface area contributed by atoms with Crippen LogP contribution in [0.3, 0.4) is 0 Å². The number of hydrogen-bond donors (Lipinski definition) is 2. The van der Waals surface area contributed by atoms with Gasteiger partial charge in [0.05, 0.1) is 17.2 Å². The third kappa shape index (κ3) is 3.33. The van der Waals surface area contributed by atoms with Crippen LogP contribution in [0.1, 0.15) is 31.2 Å². The smallest absolute Gasteiger partial charge is 0.261 e. The van der Waals surface area contributed by atoms with E-state index in [1.807, 2.05) is 6.07 Å². The molecule has 1 amide bonds. The third-order valence-corrected chi connectivity index (χ3v) is 4.30. The van der Waals surface area contributed by atoms with Gasteiger partial charge in [0.25, 0.3) is 5.56 Å². The lowest BCUT2D eigenvalue weighted by atomic mass is 10.2. The summed E-state index contributed by atoms with van der Waals surface area (Å²) >= 11 is 0. The molecule has 0 radical (unpaired) electrons. The molecule has 1 fully saturated rings. The summed E-state index contributed by atoms with van der Waals surface area (Å²) in [7, 11) is 0. The van der Waals surface area contributed by atoms with Crippen molar-refractivity contribution in [2.24, 2.45) is 0 Å². The highest BCUT2D eigenvalue weighted by molar-refractivity contribution is 5.88. The Bertz CT molecular complexity index is 989. The second-order valence-electron chi connectivity index (χ2n) is 6.10. The van der Waals surface area contributed by atoms with Crippen molar-refractivity contribution in [1.82, 2.24) is 24.7 Å². The molecule has 0 bridgehead atoms. The van der Waals surface area contributed by atoms with Gasteiger partial charge in [0.15, 0.2) is 5.82 Å². The number of aromatic amines is 1. The zero-order valence-corrected chi connectivity index (χ0v) is 14.0. The Hall–Kier alpha value is -3.07. The first kappa shape index (κ1) is 16.4.